The van der Waals surface area contributed by atoms with Crippen LogP contribution in [0.1, 0.15) is 30.4 Å². The Labute approximate surface area is 175 Å². The minimum atomic E-state index is -3.50. The molecule has 1 aliphatic rings. The Hall–Kier alpha value is -2.78. The minimum Gasteiger partial charge on any atom is -0.326 e. The van der Waals surface area contributed by atoms with E-state index in [2.05, 4.69) is 15.6 Å². The third-order valence-corrected chi connectivity index (χ3v) is 7.42. The zero-order valence-electron chi connectivity index (χ0n) is 17.1. The zero-order chi connectivity index (χ0) is 21.3. The number of aryl methyl sites for hydroxylation is 3. The molecule has 0 spiro atoms. The van der Waals surface area contributed by atoms with Crippen LogP contribution >= 0.6 is 0 Å². The molecule has 1 aliphatic heterocycles. The first kappa shape index (κ1) is 20.5. The maximum Gasteiger partial charge on any atom is 0.243 e. The fourth-order valence-electron chi connectivity index (χ4n) is 3.61. The van der Waals surface area contributed by atoms with Gasteiger partial charge in [0.25, 0.3) is 0 Å². The molecule has 2 aromatic carbocycles. The normalized spacial score (nSPS) is 15.0. The van der Waals surface area contributed by atoms with E-state index in [0.717, 1.165) is 24.1 Å². The Morgan fingerprint density at radius 3 is 2.57 bits per heavy atom. The van der Waals surface area contributed by atoms with E-state index in [9.17, 15) is 13.2 Å². The summed E-state index contributed by atoms with van der Waals surface area (Å²) in [4.78, 5) is 12.5. The molecule has 158 valence electrons. The van der Waals surface area contributed by atoms with Crippen molar-refractivity contribution in [2.75, 3.05) is 18.4 Å². The fraction of sp³-hybridized carbons (Fsp3) is 0.381. The number of hydrogen-bond donors (Lipinski definition) is 1. The smallest absolute Gasteiger partial charge is 0.243 e. The molecule has 0 radical (unpaired) electrons. The topological polar surface area (TPSA) is 97.2 Å². The molecule has 1 aromatic heterocycles. The number of fused-ring (bicyclic) bond motifs is 1. The highest BCUT2D eigenvalue weighted by Crippen LogP contribution is 2.24. The third-order valence-electron chi connectivity index (χ3n) is 5.53. The fourth-order valence-corrected chi connectivity index (χ4v) is 5.14. The molecule has 1 amide bonds. The van der Waals surface area contributed by atoms with Crippen molar-refractivity contribution < 1.29 is 13.2 Å². The summed E-state index contributed by atoms with van der Waals surface area (Å²) in [5.41, 5.74) is 4.27. The molecule has 1 fully saturated rings. The number of aromatic nitrogens is 3. The summed E-state index contributed by atoms with van der Waals surface area (Å²) in [7, 11) is -3.50. The number of nitrogens with one attached hydrogen (secondary N) is 1. The molecular formula is C21H25N5O3S. The van der Waals surface area contributed by atoms with Crippen LogP contribution in [0.3, 0.4) is 0 Å². The van der Waals surface area contributed by atoms with Gasteiger partial charge >= 0.3 is 0 Å². The van der Waals surface area contributed by atoms with Crippen molar-refractivity contribution in [3.8, 4) is 0 Å². The van der Waals surface area contributed by atoms with Gasteiger partial charge in [-0.25, -0.2) is 13.1 Å². The molecule has 0 atom stereocenters. The first-order valence-electron chi connectivity index (χ1n) is 10.0. The SMILES string of the molecule is Cc1ccc(NC(=O)CCn2nnc3cc(S(=O)(=O)N4CCCC4)ccc32)cc1C. The highest BCUT2D eigenvalue weighted by Gasteiger charge is 2.27. The number of amides is 1. The van der Waals surface area contributed by atoms with E-state index in [0.29, 0.717) is 30.7 Å². The van der Waals surface area contributed by atoms with Gasteiger partial charge in [0, 0.05) is 25.2 Å². The van der Waals surface area contributed by atoms with E-state index in [1.54, 1.807) is 22.9 Å². The number of anilines is 1. The Bertz CT molecular complexity index is 1200. The summed E-state index contributed by atoms with van der Waals surface area (Å²) < 4.78 is 28.6. The Morgan fingerprint density at radius 2 is 1.83 bits per heavy atom. The number of hydrogen-bond acceptors (Lipinski definition) is 5. The summed E-state index contributed by atoms with van der Waals surface area (Å²) in [5.74, 6) is -0.116. The van der Waals surface area contributed by atoms with Crippen LogP contribution < -0.4 is 5.32 Å². The lowest BCUT2D eigenvalue weighted by Gasteiger charge is -2.15. The van der Waals surface area contributed by atoms with Gasteiger partial charge in [0.15, 0.2) is 0 Å². The van der Waals surface area contributed by atoms with Crippen molar-refractivity contribution >= 4 is 32.7 Å². The largest absolute Gasteiger partial charge is 0.326 e. The van der Waals surface area contributed by atoms with E-state index in [-0.39, 0.29) is 17.2 Å². The average Bonchev–Trinajstić information content (AvgIpc) is 3.39. The molecule has 1 N–H and O–H groups in total. The van der Waals surface area contributed by atoms with Crippen molar-refractivity contribution in [2.24, 2.45) is 0 Å². The van der Waals surface area contributed by atoms with Crippen molar-refractivity contribution in [1.82, 2.24) is 19.3 Å². The minimum absolute atomic E-state index is 0.116. The van der Waals surface area contributed by atoms with Crippen LogP contribution in [0.25, 0.3) is 11.0 Å². The van der Waals surface area contributed by atoms with Gasteiger partial charge in [-0.05, 0) is 68.1 Å². The van der Waals surface area contributed by atoms with Gasteiger partial charge in [0.2, 0.25) is 15.9 Å². The predicted molar refractivity (Wildman–Crippen MR) is 115 cm³/mol. The molecule has 0 unspecified atom stereocenters. The number of nitrogens with zero attached hydrogens (tertiary/aromatic N) is 4. The Balaban J connectivity index is 1.45. The van der Waals surface area contributed by atoms with Crippen molar-refractivity contribution in [1.29, 1.82) is 0 Å². The highest BCUT2D eigenvalue weighted by molar-refractivity contribution is 7.89. The molecule has 0 bridgehead atoms. The number of benzene rings is 2. The van der Waals surface area contributed by atoms with Crippen molar-refractivity contribution in [3.05, 3.63) is 47.5 Å². The van der Waals surface area contributed by atoms with Gasteiger partial charge in [0.1, 0.15) is 5.52 Å². The van der Waals surface area contributed by atoms with Crippen molar-refractivity contribution in [2.45, 2.75) is 44.6 Å². The summed E-state index contributed by atoms with van der Waals surface area (Å²) in [6.45, 7) is 5.50. The molecular weight excluding hydrogens is 402 g/mol. The van der Waals surface area contributed by atoms with E-state index >= 15 is 0 Å². The Kier molecular flexibility index (Phi) is 5.57. The molecule has 0 aliphatic carbocycles. The highest BCUT2D eigenvalue weighted by atomic mass is 32.2. The van der Waals surface area contributed by atoms with E-state index < -0.39 is 10.0 Å². The second-order valence-electron chi connectivity index (χ2n) is 7.67. The lowest BCUT2D eigenvalue weighted by Crippen LogP contribution is -2.27. The molecule has 4 rings (SSSR count). The van der Waals surface area contributed by atoms with Gasteiger partial charge in [0.05, 0.1) is 17.0 Å². The average molecular weight is 428 g/mol. The molecule has 0 saturated carbocycles. The molecule has 2 heterocycles. The van der Waals surface area contributed by atoms with Gasteiger partial charge in [-0.1, -0.05) is 11.3 Å². The van der Waals surface area contributed by atoms with Crippen molar-refractivity contribution in [3.63, 3.8) is 0 Å². The first-order valence-corrected chi connectivity index (χ1v) is 11.5. The van der Waals surface area contributed by atoms with E-state index in [4.69, 9.17) is 0 Å². The number of sulfonamides is 1. The second-order valence-corrected chi connectivity index (χ2v) is 9.61. The summed E-state index contributed by atoms with van der Waals surface area (Å²) in [6, 6.07) is 10.7. The maximum atomic E-state index is 12.7. The lowest BCUT2D eigenvalue weighted by molar-refractivity contribution is -0.116. The molecule has 30 heavy (non-hydrogen) atoms. The van der Waals surface area contributed by atoms with Gasteiger partial charge in [-0.3, -0.25) is 4.79 Å². The molecule has 8 nitrogen and oxygen atoms in total. The second kappa shape index (κ2) is 8.16. The van der Waals surface area contributed by atoms with Crippen LogP contribution in [0, 0.1) is 13.8 Å². The van der Waals surface area contributed by atoms with Crippen LogP contribution in [0.5, 0.6) is 0 Å². The Morgan fingerprint density at radius 1 is 1.07 bits per heavy atom. The molecule has 9 heteroatoms. The summed E-state index contributed by atoms with van der Waals surface area (Å²) in [5, 5.41) is 11.1. The van der Waals surface area contributed by atoms with E-state index in [1.807, 2.05) is 32.0 Å². The maximum absolute atomic E-state index is 12.7. The monoisotopic (exact) mass is 427 g/mol. The predicted octanol–water partition coefficient (Wildman–Crippen LogP) is 2.86. The number of carbonyl (C=O) groups excluding carboxylic acids is 1. The summed E-state index contributed by atoms with van der Waals surface area (Å²) in [6.07, 6.45) is 2.02. The zero-order valence-corrected chi connectivity index (χ0v) is 17.9. The van der Waals surface area contributed by atoms with Crippen LogP contribution in [0.2, 0.25) is 0 Å². The standard InChI is InChI=1S/C21H25N5O3S/c1-15-5-6-17(13-16(15)2)22-21(27)9-12-26-20-8-7-18(14-19(20)23-24-26)30(28,29)25-10-3-4-11-25/h5-8,13-14H,3-4,9-12H2,1-2H3,(H,22,27). The van der Waals surface area contributed by atoms with Crippen LogP contribution in [-0.2, 0) is 21.4 Å². The molecule has 3 aromatic rings. The quantitative estimate of drug-likeness (QED) is 0.652. The van der Waals surface area contributed by atoms with Gasteiger partial charge < -0.3 is 5.32 Å². The molecule has 1 saturated heterocycles. The van der Waals surface area contributed by atoms with E-state index in [1.165, 1.54) is 9.87 Å². The van der Waals surface area contributed by atoms with Crippen LogP contribution in [0.15, 0.2) is 41.3 Å². The van der Waals surface area contributed by atoms with Crippen LogP contribution in [0.4, 0.5) is 5.69 Å². The lowest BCUT2D eigenvalue weighted by atomic mass is 10.1. The third kappa shape index (κ3) is 4.08. The van der Waals surface area contributed by atoms with Gasteiger partial charge in [-0.2, -0.15) is 4.31 Å². The number of rotatable bonds is 6. The first-order chi connectivity index (χ1) is 14.3. The van der Waals surface area contributed by atoms with Gasteiger partial charge in [-0.15, -0.1) is 5.10 Å². The van der Waals surface area contributed by atoms with Crippen LogP contribution in [-0.4, -0.2) is 46.7 Å². The summed E-state index contributed by atoms with van der Waals surface area (Å²) >= 11 is 0. The number of carbonyl (C=O) groups is 1.